The third-order valence-corrected chi connectivity index (χ3v) is 4.97. The van der Waals surface area contributed by atoms with Crippen LogP contribution in [0.25, 0.3) is 16.7 Å². The number of allylic oxidation sites excluding steroid dienone is 4. The van der Waals surface area contributed by atoms with Gasteiger partial charge in [0.25, 0.3) is 0 Å². The van der Waals surface area contributed by atoms with E-state index in [1.807, 2.05) is 12.1 Å². The van der Waals surface area contributed by atoms with Crippen LogP contribution in [-0.4, -0.2) is 3.21 Å². The van der Waals surface area contributed by atoms with Crippen LogP contribution in [0.4, 0.5) is 0 Å². The van der Waals surface area contributed by atoms with Gasteiger partial charge in [-0.05, 0) is 6.42 Å². The van der Waals surface area contributed by atoms with Crippen LogP contribution in [0.3, 0.4) is 0 Å². The van der Waals surface area contributed by atoms with Gasteiger partial charge >= 0.3 is 41.3 Å². The van der Waals surface area contributed by atoms with Gasteiger partial charge in [0.1, 0.15) is 0 Å². The minimum atomic E-state index is 0.468. The molecule has 0 saturated carbocycles. The average Bonchev–Trinajstić information content (AvgIpc) is 3.28. The molecule has 0 bridgehead atoms. The van der Waals surface area contributed by atoms with Crippen molar-refractivity contribution in [3.05, 3.63) is 113 Å². The molecule has 0 aromatic heterocycles. The fourth-order valence-electron chi connectivity index (χ4n) is 3.76. The molecule has 0 fully saturated rings. The Morgan fingerprint density at radius 2 is 1.53 bits per heavy atom. The van der Waals surface area contributed by atoms with E-state index in [9.17, 15) is 0 Å². The maximum Gasteiger partial charge on any atom is -0.0253 e. The summed E-state index contributed by atoms with van der Waals surface area (Å²) >= 11 is 1.55. The molecule has 0 nitrogen and oxygen atoms in total. The summed E-state index contributed by atoms with van der Waals surface area (Å²) in [5.41, 5.74) is 9.43. The maximum atomic E-state index is 3.39. The molecular formula is C29H28Zr. The first-order chi connectivity index (χ1) is 14.5. The summed E-state index contributed by atoms with van der Waals surface area (Å²) in [7, 11) is 0. The minimum Gasteiger partial charge on any atom is -0.179 e. The zero-order chi connectivity index (χ0) is 21.5. The molecule has 1 unspecified atom stereocenters. The molecule has 5 rings (SSSR count). The minimum absolute atomic E-state index is 0.468. The standard InChI is InChI=1S/C13H9.C13H13.C3H6.Zr/c1-3-7-12-10(5-1)9-11-6-2-4-8-13(11)12;1-10-8-11(2)13(9-10)12-6-4-3-5-7-12;1-3-2;/h1-5,7-8H,9H2;3-7,9-10H,1-2H3;1-2H3;/q2*-1;;+2. The quantitative estimate of drug-likeness (QED) is 0.258. The van der Waals surface area contributed by atoms with Crippen LogP contribution in [0.15, 0.2) is 84.4 Å². The Kier molecular flexibility index (Phi) is 8.11. The molecule has 1 atom stereocenters. The van der Waals surface area contributed by atoms with E-state index in [4.69, 9.17) is 0 Å². The van der Waals surface area contributed by atoms with Crippen LogP contribution < -0.4 is 0 Å². The van der Waals surface area contributed by atoms with Crippen molar-refractivity contribution >= 4 is 8.78 Å². The molecule has 2 aliphatic rings. The Hall–Kier alpha value is -2.11. The van der Waals surface area contributed by atoms with Gasteiger partial charge in [-0.3, -0.25) is 6.08 Å². The number of hydrogen-bond acceptors (Lipinski definition) is 0. The second-order valence-electron chi connectivity index (χ2n) is 7.90. The van der Waals surface area contributed by atoms with Crippen LogP contribution >= 0.6 is 0 Å². The molecule has 0 spiro atoms. The number of hydrogen-bond donors (Lipinski definition) is 0. The van der Waals surface area contributed by atoms with Gasteiger partial charge in [0, 0.05) is 0 Å². The Labute approximate surface area is 196 Å². The van der Waals surface area contributed by atoms with E-state index in [1.54, 1.807) is 24.2 Å². The Morgan fingerprint density at radius 1 is 0.900 bits per heavy atom. The largest absolute Gasteiger partial charge is 0.179 e. The molecule has 0 heterocycles. The summed E-state index contributed by atoms with van der Waals surface area (Å²) < 4.78 is 1.51. The summed E-state index contributed by atoms with van der Waals surface area (Å²) in [4.78, 5) is 0. The third-order valence-electron chi connectivity index (χ3n) is 4.97. The third kappa shape index (κ3) is 5.96. The van der Waals surface area contributed by atoms with Crippen LogP contribution in [0.2, 0.25) is 0 Å². The van der Waals surface area contributed by atoms with Gasteiger partial charge < -0.3 is 0 Å². The second kappa shape index (κ2) is 10.8. The molecule has 0 N–H and O–H groups in total. The first kappa shape index (κ1) is 22.6. The molecule has 0 aliphatic heterocycles. The van der Waals surface area contributed by atoms with Gasteiger partial charge in [-0.15, -0.1) is 11.1 Å². The Balaban J connectivity index is 0.000000146. The maximum absolute atomic E-state index is 3.39. The second-order valence-corrected chi connectivity index (χ2v) is 10.4. The molecule has 3 aromatic carbocycles. The average molecular weight is 468 g/mol. The Bertz CT molecular complexity index is 1020. The van der Waals surface area contributed by atoms with Gasteiger partial charge in [-0.1, -0.05) is 85.5 Å². The molecule has 2 aliphatic carbocycles. The molecule has 1 heteroatoms. The summed E-state index contributed by atoms with van der Waals surface area (Å²) in [5, 5.41) is 0. The van der Waals surface area contributed by atoms with Crippen LogP contribution in [-0.2, 0) is 30.7 Å². The van der Waals surface area contributed by atoms with E-state index in [1.165, 1.54) is 42.2 Å². The first-order valence-corrected chi connectivity index (χ1v) is 11.7. The summed E-state index contributed by atoms with van der Waals surface area (Å²) in [6.07, 6.45) is 6.71. The molecule has 3 aromatic rings. The van der Waals surface area contributed by atoms with Crippen LogP contribution in [0.5, 0.6) is 0 Å². The van der Waals surface area contributed by atoms with E-state index in [0.717, 1.165) is 6.42 Å². The summed E-state index contributed by atoms with van der Waals surface area (Å²) in [5.74, 6) is 0.468. The van der Waals surface area contributed by atoms with Gasteiger partial charge in [-0.2, -0.15) is 41.5 Å². The van der Waals surface area contributed by atoms with Crippen LogP contribution in [0, 0.1) is 18.1 Å². The SMILES string of the molecule is CC1=[C-]C(C)C=C1c1ccccc1.C[C](C)=[Zr+2].[c-]1cccc2c1Cc1ccccc1-2. The smallest absolute Gasteiger partial charge is 0.0253 e. The van der Waals surface area contributed by atoms with Gasteiger partial charge in [0.15, 0.2) is 0 Å². The topological polar surface area (TPSA) is 0 Å². The zero-order valence-corrected chi connectivity index (χ0v) is 20.7. The van der Waals surface area contributed by atoms with E-state index in [-0.39, 0.29) is 0 Å². The van der Waals surface area contributed by atoms with Crippen molar-refractivity contribution in [1.29, 1.82) is 0 Å². The van der Waals surface area contributed by atoms with Crippen molar-refractivity contribution in [1.82, 2.24) is 0 Å². The van der Waals surface area contributed by atoms with E-state index in [0.29, 0.717) is 5.92 Å². The summed E-state index contributed by atoms with van der Waals surface area (Å²) in [6, 6.07) is 28.6. The molecule has 30 heavy (non-hydrogen) atoms. The fraction of sp³-hybridized carbons (Fsp3) is 0.207. The van der Waals surface area contributed by atoms with E-state index < -0.39 is 0 Å². The predicted octanol–water partition coefficient (Wildman–Crippen LogP) is 7.27. The van der Waals surface area contributed by atoms with Crippen molar-refractivity contribution in [2.75, 3.05) is 0 Å². The summed E-state index contributed by atoms with van der Waals surface area (Å²) in [6.45, 7) is 8.54. The number of benzene rings is 3. The normalized spacial score (nSPS) is 15.5. The van der Waals surface area contributed by atoms with Crippen molar-refractivity contribution in [3.63, 3.8) is 0 Å². The number of fused-ring (bicyclic) bond motifs is 3. The first-order valence-electron chi connectivity index (χ1n) is 10.4. The predicted molar refractivity (Wildman–Crippen MR) is 126 cm³/mol. The molecule has 0 amide bonds. The van der Waals surface area contributed by atoms with Crippen molar-refractivity contribution in [3.8, 4) is 11.1 Å². The van der Waals surface area contributed by atoms with E-state index >= 15 is 0 Å². The van der Waals surface area contributed by atoms with Crippen LogP contribution in [0.1, 0.15) is 44.4 Å². The molecular weight excluding hydrogens is 440 g/mol. The van der Waals surface area contributed by atoms with Gasteiger partial charge in [0.05, 0.1) is 0 Å². The van der Waals surface area contributed by atoms with Crippen molar-refractivity contribution in [2.24, 2.45) is 5.92 Å². The molecule has 0 saturated heterocycles. The van der Waals surface area contributed by atoms with Crippen molar-refractivity contribution < 1.29 is 24.2 Å². The Morgan fingerprint density at radius 3 is 2.20 bits per heavy atom. The number of rotatable bonds is 1. The molecule has 0 radical (unpaired) electrons. The van der Waals surface area contributed by atoms with E-state index in [2.05, 4.69) is 107 Å². The zero-order valence-electron chi connectivity index (χ0n) is 18.3. The van der Waals surface area contributed by atoms with Crippen molar-refractivity contribution in [2.45, 2.75) is 34.1 Å². The van der Waals surface area contributed by atoms with Gasteiger partial charge in [-0.25, -0.2) is 5.57 Å². The fourth-order valence-corrected chi connectivity index (χ4v) is 3.76. The monoisotopic (exact) mass is 466 g/mol. The molecule has 148 valence electrons. The van der Waals surface area contributed by atoms with Gasteiger partial charge in [0.2, 0.25) is 0 Å².